The van der Waals surface area contributed by atoms with Gasteiger partial charge in [-0.3, -0.25) is 4.79 Å². The number of carbonyl (C=O) groups is 1. The third-order valence-corrected chi connectivity index (χ3v) is 3.84. The van der Waals surface area contributed by atoms with E-state index in [1.54, 1.807) is 18.2 Å². The van der Waals surface area contributed by atoms with Crippen LogP contribution in [0.25, 0.3) is 28.2 Å². The number of rotatable bonds is 4. The summed E-state index contributed by atoms with van der Waals surface area (Å²) in [6.45, 7) is 4.18. The highest BCUT2D eigenvalue weighted by Gasteiger charge is 2.18. The predicted molar refractivity (Wildman–Crippen MR) is 90.8 cm³/mol. The summed E-state index contributed by atoms with van der Waals surface area (Å²) in [6, 6.07) is 12.3. The number of benzene rings is 2. The van der Waals surface area contributed by atoms with Gasteiger partial charge in [-0.05, 0) is 35.8 Å². The Bertz CT molecular complexity index is 871. The maximum absolute atomic E-state index is 13.2. The lowest BCUT2D eigenvalue weighted by Gasteiger charge is -2.05. The number of allylic oxidation sites excluding steroid dienone is 1. The fourth-order valence-electron chi connectivity index (χ4n) is 2.86. The molecular weight excluding hydrogens is 291 g/mol. The van der Waals surface area contributed by atoms with Gasteiger partial charge in [0.15, 0.2) is 0 Å². The fraction of sp³-hybridized carbons (Fsp3) is 0.150. The molecule has 0 aliphatic heterocycles. The number of aldehydes is 1. The Balaban J connectivity index is 2.27. The summed E-state index contributed by atoms with van der Waals surface area (Å²) in [5.41, 5.74) is 3.64. The van der Waals surface area contributed by atoms with E-state index in [1.165, 1.54) is 18.2 Å². The van der Waals surface area contributed by atoms with Crippen molar-refractivity contribution in [2.75, 3.05) is 0 Å². The summed E-state index contributed by atoms with van der Waals surface area (Å²) in [5.74, 6) is 0.681. The van der Waals surface area contributed by atoms with Gasteiger partial charge in [0.25, 0.3) is 0 Å². The second-order valence-electron chi connectivity index (χ2n) is 5.72. The molecule has 0 amide bonds. The van der Waals surface area contributed by atoms with Gasteiger partial charge >= 0.3 is 0 Å². The van der Waals surface area contributed by atoms with E-state index in [4.69, 9.17) is 4.42 Å². The lowest BCUT2D eigenvalue weighted by Crippen LogP contribution is -1.88. The van der Waals surface area contributed by atoms with Crippen LogP contribution in [-0.4, -0.2) is 6.29 Å². The van der Waals surface area contributed by atoms with Gasteiger partial charge in [-0.1, -0.05) is 44.2 Å². The largest absolute Gasteiger partial charge is 0.456 e. The standard InChI is InChI=1S/C20H17FO2/c1-13(2)19-17-6-3-5-16(14-8-10-15(21)11-9-14)20(17)23-18(19)7-4-12-22/h3-13H,1-2H3/b7-4+. The first-order valence-corrected chi connectivity index (χ1v) is 7.55. The van der Waals surface area contributed by atoms with Crippen LogP contribution in [0, 0.1) is 5.82 Å². The number of halogens is 1. The second-order valence-corrected chi connectivity index (χ2v) is 5.72. The SMILES string of the molecule is CC(C)c1c(/C=C/C=O)oc2c(-c3ccc(F)cc3)cccc12. The van der Waals surface area contributed by atoms with E-state index in [0.717, 1.165) is 33.9 Å². The van der Waals surface area contributed by atoms with E-state index < -0.39 is 0 Å². The molecule has 0 bridgehead atoms. The molecular formula is C20H17FO2. The van der Waals surface area contributed by atoms with Crippen molar-refractivity contribution >= 4 is 23.3 Å². The second kappa shape index (κ2) is 6.21. The van der Waals surface area contributed by atoms with Crippen LogP contribution < -0.4 is 0 Å². The van der Waals surface area contributed by atoms with Crippen molar-refractivity contribution in [2.45, 2.75) is 19.8 Å². The number of hydrogen-bond donors (Lipinski definition) is 0. The molecule has 116 valence electrons. The average Bonchev–Trinajstić information content (AvgIpc) is 2.92. The van der Waals surface area contributed by atoms with Gasteiger partial charge in [-0.2, -0.15) is 0 Å². The Hall–Kier alpha value is -2.68. The van der Waals surface area contributed by atoms with Gasteiger partial charge < -0.3 is 4.42 Å². The maximum atomic E-state index is 13.2. The van der Waals surface area contributed by atoms with Crippen molar-refractivity contribution in [3.05, 3.63) is 65.7 Å². The summed E-state index contributed by atoms with van der Waals surface area (Å²) in [4.78, 5) is 10.6. The maximum Gasteiger partial charge on any atom is 0.142 e. The molecule has 1 aromatic heterocycles. The molecule has 0 aliphatic rings. The topological polar surface area (TPSA) is 30.2 Å². The molecule has 23 heavy (non-hydrogen) atoms. The number of carbonyl (C=O) groups excluding carboxylic acids is 1. The highest BCUT2D eigenvalue weighted by Crippen LogP contribution is 2.38. The monoisotopic (exact) mass is 308 g/mol. The highest BCUT2D eigenvalue weighted by molar-refractivity contribution is 5.96. The van der Waals surface area contributed by atoms with Crippen LogP contribution in [0.15, 0.2) is 53.0 Å². The zero-order valence-corrected chi connectivity index (χ0v) is 13.0. The van der Waals surface area contributed by atoms with Crippen LogP contribution >= 0.6 is 0 Å². The summed E-state index contributed by atoms with van der Waals surface area (Å²) in [7, 11) is 0. The van der Waals surface area contributed by atoms with Crippen molar-refractivity contribution in [3.63, 3.8) is 0 Å². The first kappa shape index (κ1) is 15.2. The van der Waals surface area contributed by atoms with Gasteiger partial charge in [0.2, 0.25) is 0 Å². The minimum absolute atomic E-state index is 0.256. The summed E-state index contributed by atoms with van der Waals surface area (Å²) in [5, 5.41) is 1.02. The molecule has 0 saturated carbocycles. The number of hydrogen-bond acceptors (Lipinski definition) is 2. The fourth-order valence-corrected chi connectivity index (χ4v) is 2.86. The molecule has 3 heteroatoms. The molecule has 2 nitrogen and oxygen atoms in total. The van der Waals surface area contributed by atoms with Crippen molar-refractivity contribution in [2.24, 2.45) is 0 Å². The van der Waals surface area contributed by atoms with Crippen LogP contribution in [0.3, 0.4) is 0 Å². The Kier molecular flexibility index (Phi) is 4.11. The number of para-hydroxylation sites is 1. The van der Waals surface area contributed by atoms with E-state index in [1.807, 2.05) is 18.2 Å². The minimum Gasteiger partial charge on any atom is -0.456 e. The molecule has 1 heterocycles. The van der Waals surface area contributed by atoms with E-state index in [-0.39, 0.29) is 11.7 Å². The van der Waals surface area contributed by atoms with Crippen molar-refractivity contribution in [1.29, 1.82) is 0 Å². The van der Waals surface area contributed by atoms with Crippen LogP contribution in [0.2, 0.25) is 0 Å². The van der Waals surface area contributed by atoms with Crippen molar-refractivity contribution < 1.29 is 13.6 Å². The van der Waals surface area contributed by atoms with E-state index in [2.05, 4.69) is 13.8 Å². The third-order valence-electron chi connectivity index (χ3n) is 3.84. The number of furan rings is 1. The average molecular weight is 308 g/mol. The lowest BCUT2D eigenvalue weighted by molar-refractivity contribution is -0.104. The van der Waals surface area contributed by atoms with Gasteiger partial charge in [0, 0.05) is 16.5 Å². The van der Waals surface area contributed by atoms with Crippen LogP contribution in [0.1, 0.15) is 31.1 Å². The molecule has 0 saturated heterocycles. The molecule has 0 N–H and O–H groups in total. The first-order valence-electron chi connectivity index (χ1n) is 7.55. The molecule has 2 aromatic carbocycles. The molecule has 3 rings (SSSR count). The smallest absolute Gasteiger partial charge is 0.142 e. The van der Waals surface area contributed by atoms with Gasteiger partial charge in [0.1, 0.15) is 23.4 Å². The third kappa shape index (κ3) is 2.82. The zero-order chi connectivity index (χ0) is 16.4. The molecule has 0 unspecified atom stereocenters. The summed E-state index contributed by atoms with van der Waals surface area (Å²) >= 11 is 0. The molecule has 0 radical (unpaired) electrons. The summed E-state index contributed by atoms with van der Waals surface area (Å²) in [6.07, 6.45) is 3.86. The highest BCUT2D eigenvalue weighted by atomic mass is 19.1. The Morgan fingerprint density at radius 2 is 1.83 bits per heavy atom. The van der Waals surface area contributed by atoms with Crippen molar-refractivity contribution in [3.8, 4) is 11.1 Å². The van der Waals surface area contributed by atoms with E-state index in [0.29, 0.717) is 5.76 Å². The number of fused-ring (bicyclic) bond motifs is 1. The molecule has 0 fully saturated rings. The van der Waals surface area contributed by atoms with E-state index in [9.17, 15) is 9.18 Å². The predicted octanol–water partition coefficient (Wildman–Crippen LogP) is 5.57. The Morgan fingerprint density at radius 3 is 2.48 bits per heavy atom. The van der Waals surface area contributed by atoms with Crippen LogP contribution in [-0.2, 0) is 4.79 Å². The quantitative estimate of drug-likeness (QED) is 0.465. The van der Waals surface area contributed by atoms with Crippen LogP contribution in [0.5, 0.6) is 0 Å². The Morgan fingerprint density at radius 1 is 1.09 bits per heavy atom. The molecule has 3 aromatic rings. The Labute approximate surface area is 134 Å². The van der Waals surface area contributed by atoms with Gasteiger partial charge in [0.05, 0.1) is 0 Å². The minimum atomic E-state index is -0.266. The molecule has 0 atom stereocenters. The van der Waals surface area contributed by atoms with E-state index >= 15 is 0 Å². The van der Waals surface area contributed by atoms with Gasteiger partial charge in [-0.15, -0.1) is 0 Å². The molecule has 0 spiro atoms. The van der Waals surface area contributed by atoms with Gasteiger partial charge in [-0.25, -0.2) is 4.39 Å². The zero-order valence-electron chi connectivity index (χ0n) is 13.0. The summed E-state index contributed by atoms with van der Waals surface area (Å²) < 4.78 is 19.2. The van der Waals surface area contributed by atoms with Crippen molar-refractivity contribution in [1.82, 2.24) is 0 Å². The lowest BCUT2D eigenvalue weighted by atomic mass is 9.96. The molecule has 0 aliphatic carbocycles. The first-order chi connectivity index (χ1) is 11.1. The normalized spacial score (nSPS) is 11.7. The van der Waals surface area contributed by atoms with Crippen LogP contribution in [0.4, 0.5) is 4.39 Å².